The van der Waals surface area contributed by atoms with Gasteiger partial charge in [-0.2, -0.15) is 0 Å². The van der Waals surface area contributed by atoms with Gasteiger partial charge in [-0.3, -0.25) is 0 Å². The topological polar surface area (TPSA) is 24.5 Å². The Labute approximate surface area is 111 Å². The standard InChI is InChI=1S/C15H26N2O/c1-6-17(4)11-13(3)16-10-14-8-7-12(2)15(9-14)18-5/h7-9,13,16H,6,10-11H2,1-5H3. The normalized spacial score (nSPS) is 12.8. The average molecular weight is 250 g/mol. The van der Waals surface area contributed by atoms with Crippen LogP contribution in [-0.4, -0.2) is 38.2 Å². The van der Waals surface area contributed by atoms with Gasteiger partial charge in [-0.25, -0.2) is 0 Å². The zero-order chi connectivity index (χ0) is 13.5. The Morgan fingerprint density at radius 1 is 1.39 bits per heavy atom. The van der Waals surface area contributed by atoms with Crippen LogP contribution in [0, 0.1) is 6.92 Å². The van der Waals surface area contributed by atoms with Gasteiger partial charge in [0.2, 0.25) is 0 Å². The summed E-state index contributed by atoms with van der Waals surface area (Å²) >= 11 is 0. The molecule has 1 unspecified atom stereocenters. The highest BCUT2D eigenvalue weighted by molar-refractivity contribution is 5.36. The van der Waals surface area contributed by atoms with Gasteiger partial charge in [0.15, 0.2) is 0 Å². The number of aryl methyl sites for hydroxylation is 1. The van der Waals surface area contributed by atoms with E-state index in [9.17, 15) is 0 Å². The van der Waals surface area contributed by atoms with E-state index in [1.54, 1.807) is 7.11 Å². The maximum absolute atomic E-state index is 5.34. The molecule has 1 N–H and O–H groups in total. The average Bonchev–Trinajstić information content (AvgIpc) is 2.37. The van der Waals surface area contributed by atoms with Crippen molar-refractivity contribution in [2.45, 2.75) is 33.4 Å². The SMILES string of the molecule is CCN(C)CC(C)NCc1ccc(C)c(OC)c1. The van der Waals surface area contributed by atoms with Crippen LogP contribution in [0.3, 0.4) is 0 Å². The van der Waals surface area contributed by atoms with Crippen molar-refractivity contribution in [1.29, 1.82) is 0 Å². The highest BCUT2D eigenvalue weighted by Gasteiger charge is 2.05. The predicted octanol–water partition coefficient (Wildman–Crippen LogP) is 2.43. The first-order chi connectivity index (χ1) is 8.56. The Hall–Kier alpha value is -1.06. The van der Waals surface area contributed by atoms with E-state index >= 15 is 0 Å². The van der Waals surface area contributed by atoms with Crippen LogP contribution in [0.1, 0.15) is 25.0 Å². The lowest BCUT2D eigenvalue weighted by atomic mass is 10.1. The summed E-state index contributed by atoms with van der Waals surface area (Å²) in [5.74, 6) is 0.965. The molecule has 0 aliphatic rings. The molecular weight excluding hydrogens is 224 g/mol. The molecule has 3 nitrogen and oxygen atoms in total. The molecule has 18 heavy (non-hydrogen) atoms. The van der Waals surface area contributed by atoms with E-state index in [2.05, 4.69) is 56.2 Å². The molecule has 0 heterocycles. The molecule has 1 aromatic carbocycles. The molecule has 1 rings (SSSR count). The number of nitrogens with one attached hydrogen (secondary N) is 1. The fourth-order valence-electron chi connectivity index (χ4n) is 1.93. The van der Waals surface area contributed by atoms with Crippen molar-refractivity contribution in [3.05, 3.63) is 29.3 Å². The Balaban J connectivity index is 2.48. The van der Waals surface area contributed by atoms with Gasteiger partial charge in [-0.15, -0.1) is 0 Å². The third-order valence-corrected chi connectivity index (χ3v) is 3.25. The molecule has 3 heteroatoms. The van der Waals surface area contributed by atoms with E-state index in [1.807, 2.05) is 0 Å². The lowest BCUT2D eigenvalue weighted by Crippen LogP contribution is -2.36. The summed E-state index contributed by atoms with van der Waals surface area (Å²) in [6.45, 7) is 9.50. The maximum Gasteiger partial charge on any atom is 0.122 e. The zero-order valence-corrected chi connectivity index (χ0v) is 12.3. The molecule has 0 aliphatic heterocycles. The highest BCUT2D eigenvalue weighted by atomic mass is 16.5. The predicted molar refractivity (Wildman–Crippen MR) is 77.2 cm³/mol. The number of methoxy groups -OCH3 is 1. The summed E-state index contributed by atoms with van der Waals surface area (Å²) in [4.78, 5) is 2.31. The third kappa shape index (κ3) is 4.67. The van der Waals surface area contributed by atoms with Gasteiger partial charge in [0.25, 0.3) is 0 Å². The van der Waals surface area contributed by atoms with Crippen LogP contribution in [0.15, 0.2) is 18.2 Å². The van der Waals surface area contributed by atoms with Gasteiger partial charge in [-0.05, 0) is 44.6 Å². The fraction of sp³-hybridized carbons (Fsp3) is 0.600. The summed E-state index contributed by atoms with van der Waals surface area (Å²) in [6.07, 6.45) is 0. The largest absolute Gasteiger partial charge is 0.496 e. The molecule has 0 aromatic heterocycles. The van der Waals surface area contributed by atoms with Crippen molar-refractivity contribution in [1.82, 2.24) is 10.2 Å². The smallest absolute Gasteiger partial charge is 0.122 e. The third-order valence-electron chi connectivity index (χ3n) is 3.25. The van der Waals surface area contributed by atoms with Gasteiger partial charge < -0.3 is 15.0 Å². The minimum Gasteiger partial charge on any atom is -0.496 e. The monoisotopic (exact) mass is 250 g/mol. The summed E-state index contributed by atoms with van der Waals surface area (Å²) in [6, 6.07) is 6.86. The van der Waals surface area contributed by atoms with E-state index in [0.717, 1.165) is 25.4 Å². The van der Waals surface area contributed by atoms with E-state index in [0.29, 0.717) is 6.04 Å². The van der Waals surface area contributed by atoms with Crippen LogP contribution in [0.5, 0.6) is 5.75 Å². The molecule has 0 radical (unpaired) electrons. The van der Waals surface area contributed by atoms with Crippen LogP contribution in [0.25, 0.3) is 0 Å². The van der Waals surface area contributed by atoms with E-state index in [1.165, 1.54) is 11.1 Å². The summed E-state index contributed by atoms with van der Waals surface area (Å²) in [5, 5.41) is 3.54. The second kappa shape index (κ2) is 7.39. The fourth-order valence-corrected chi connectivity index (χ4v) is 1.93. The van der Waals surface area contributed by atoms with Crippen molar-refractivity contribution >= 4 is 0 Å². The van der Waals surface area contributed by atoms with Gasteiger partial charge in [-0.1, -0.05) is 19.1 Å². The molecule has 0 saturated heterocycles. The van der Waals surface area contributed by atoms with Crippen molar-refractivity contribution in [2.24, 2.45) is 0 Å². The summed E-state index contributed by atoms with van der Waals surface area (Å²) < 4.78 is 5.34. The second-order valence-corrected chi connectivity index (χ2v) is 4.94. The van der Waals surface area contributed by atoms with Gasteiger partial charge in [0.05, 0.1) is 7.11 Å². The number of nitrogens with zero attached hydrogens (tertiary/aromatic N) is 1. The van der Waals surface area contributed by atoms with Crippen molar-refractivity contribution in [3.63, 3.8) is 0 Å². The van der Waals surface area contributed by atoms with Gasteiger partial charge in [0.1, 0.15) is 5.75 Å². The molecule has 0 aliphatic carbocycles. The number of likely N-dealkylation sites (N-methyl/N-ethyl adjacent to an activating group) is 1. The van der Waals surface area contributed by atoms with E-state index in [-0.39, 0.29) is 0 Å². The number of rotatable bonds is 7. The molecule has 102 valence electrons. The lowest BCUT2D eigenvalue weighted by Gasteiger charge is -2.21. The van der Waals surface area contributed by atoms with Crippen molar-refractivity contribution in [2.75, 3.05) is 27.2 Å². The number of ether oxygens (including phenoxy) is 1. The van der Waals surface area contributed by atoms with Crippen LogP contribution in [0.4, 0.5) is 0 Å². The van der Waals surface area contributed by atoms with E-state index in [4.69, 9.17) is 4.74 Å². The molecule has 0 bridgehead atoms. The maximum atomic E-state index is 5.34. The molecule has 0 amide bonds. The van der Waals surface area contributed by atoms with Gasteiger partial charge >= 0.3 is 0 Å². The number of benzene rings is 1. The molecule has 1 atom stereocenters. The summed E-state index contributed by atoms with van der Waals surface area (Å²) in [7, 11) is 3.87. The van der Waals surface area contributed by atoms with Crippen LogP contribution >= 0.6 is 0 Å². The Kier molecular flexibility index (Phi) is 6.16. The highest BCUT2D eigenvalue weighted by Crippen LogP contribution is 2.18. The van der Waals surface area contributed by atoms with Crippen molar-refractivity contribution < 1.29 is 4.74 Å². The first-order valence-electron chi connectivity index (χ1n) is 6.62. The van der Waals surface area contributed by atoms with Crippen LogP contribution < -0.4 is 10.1 Å². The molecule has 0 saturated carbocycles. The Bertz CT molecular complexity index is 366. The minimum absolute atomic E-state index is 0.488. The lowest BCUT2D eigenvalue weighted by molar-refractivity contribution is 0.309. The molecular formula is C15H26N2O. The first kappa shape index (κ1) is 15.0. The quantitative estimate of drug-likeness (QED) is 0.804. The zero-order valence-electron chi connectivity index (χ0n) is 12.3. The second-order valence-electron chi connectivity index (χ2n) is 4.94. The molecule has 0 fully saturated rings. The van der Waals surface area contributed by atoms with Crippen molar-refractivity contribution in [3.8, 4) is 5.75 Å². The van der Waals surface area contributed by atoms with E-state index < -0.39 is 0 Å². The Morgan fingerprint density at radius 2 is 2.11 bits per heavy atom. The minimum atomic E-state index is 0.488. The Morgan fingerprint density at radius 3 is 2.72 bits per heavy atom. The number of hydrogen-bond donors (Lipinski definition) is 1. The van der Waals surface area contributed by atoms with Crippen LogP contribution in [0.2, 0.25) is 0 Å². The van der Waals surface area contributed by atoms with Gasteiger partial charge in [0, 0.05) is 19.1 Å². The molecule has 0 spiro atoms. The van der Waals surface area contributed by atoms with Crippen LogP contribution in [-0.2, 0) is 6.54 Å². The first-order valence-corrected chi connectivity index (χ1v) is 6.62. The molecule has 1 aromatic rings. The number of hydrogen-bond acceptors (Lipinski definition) is 3. The summed E-state index contributed by atoms with van der Waals surface area (Å²) in [5.41, 5.74) is 2.45.